The van der Waals surface area contributed by atoms with Crippen LogP contribution in [0.3, 0.4) is 0 Å². The summed E-state index contributed by atoms with van der Waals surface area (Å²) in [6, 6.07) is 15.5. The van der Waals surface area contributed by atoms with Crippen molar-refractivity contribution in [3.8, 4) is 5.75 Å². The van der Waals surface area contributed by atoms with Crippen molar-refractivity contribution in [2.45, 2.75) is 20.3 Å². The molecule has 2 N–H and O–H groups in total. The molecule has 1 heterocycles. The molecule has 0 aliphatic carbocycles. The first-order valence-corrected chi connectivity index (χ1v) is 9.13. The molecule has 28 heavy (non-hydrogen) atoms. The molecule has 0 fully saturated rings. The van der Waals surface area contributed by atoms with Crippen molar-refractivity contribution in [1.82, 2.24) is 9.97 Å². The molecule has 0 radical (unpaired) electrons. The lowest BCUT2D eigenvalue weighted by atomic mass is 10.1. The van der Waals surface area contributed by atoms with Crippen molar-refractivity contribution < 1.29 is 9.53 Å². The van der Waals surface area contributed by atoms with Crippen LogP contribution in [0.4, 0.5) is 11.5 Å². The van der Waals surface area contributed by atoms with Crippen molar-refractivity contribution in [2.24, 2.45) is 0 Å². The Morgan fingerprint density at radius 1 is 1.04 bits per heavy atom. The van der Waals surface area contributed by atoms with Gasteiger partial charge in [0.2, 0.25) is 0 Å². The number of para-hydroxylation sites is 1. The SMILES string of the molecule is COc1cccc(CCNc2cc(C(=O)Nc3c(C)cccc3C)ncn2)c1. The van der Waals surface area contributed by atoms with Gasteiger partial charge in [-0.3, -0.25) is 4.79 Å². The van der Waals surface area contributed by atoms with Crippen LogP contribution in [0.15, 0.2) is 54.9 Å². The molecule has 0 bridgehead atoms. The third-order valence-electron chi connectivity index (χ3n) is 4.47. The van der Waals surface area contributed by atoms with Gasteiger partial charge < -0.3 is 15.4 Å². The largest absolute Gasteiger partial charge is 0.497 e. The monoisotopic (exact) mass is 376 g/mol. The fourth-order valence-corrected chi connectivity index (χ4v) is 2.93. The van der Waals surface area contributed by atoms with E-state index >= 15 is 0 Å². The number of benzene rings is 2. The summed E-state index contributed by atoms with van der Waals surface area (Å²) in [5.74, 6) is 1.20. The van der Waals surface area contributed by atoms with Gasteiger partial charge in [0.05, 0.1) is 7.11 Å². The maximum absolute atomic E-state index is 12.6. The summed E-state index contributed by atoms with van der Waals surface area (Å²) in [6.07, 6.45) is 2.21. The van der Waals surface area contributed by atoms with E-state index in [0.717, 1.165) is 34.5 Å². The number of nitrogens with zero attached hydrogens (tertiary/aromatic N) is 2. The van der Waals surface area contributed by atoms with Gasteiger partial charge in [0.1, 0.15) is 23.6 Å². The summed E-state index contributed by atoms with van der Waals surface area (Å²) in [4.78, 5) is 20.9. The Labute approximate surface area is 165 Å². The smallest absolute Gasteiger partial charge is 0.274 e. The van der Waals surface area contributed by atoms with Gasteiger partial charge in [0, 0.05) is 18.3 Å². The molecule has 144 valence electrons. The minimum Gasteiger partial charge on any atom is -0.497 e. The molecule has 0 aliphatic heterocycles. The molecule has 6 heteroatoms. The number of hydrogen-bond acceptors (Lipinski definition) is 5. The van der Waals surface area contributed by atoms with E-state index in [1.807, 2.05) is 56.3 Å². The molecule has 0 saturated heterocycles. The summed E-state index contributed by atoms with van der Waals surface area (Å²) in [5.41, 5.74) is 4.33. The predicted octanol–water partition coefficient (Wildman–Crippen LogP) is 4.01. The van der Waals surface area contributed by atoms with E-state index < -0.39 is 0 Å². The van der Waals surface area contributed by atoms with Crippen molar-refractivity contribution in [3.05, 3.63) is 77.2 Å². The average Bonchev–Trinajstić information content (AvgIpc) is 2.71. The molecule has 0 saturated carbocycles. The highest BCUT2D eigenvalue weighted by Gasteiger charge is 2.12. The number of carbonyl (C=O) groups is 1. The Balaban J connectivity index is 1.62. The van der Waals surface area contributed by atoms with Gasteiger partial charge in [0.25, 0.3) is 5.91 Å². The van der Waals surface area contributed by atoms with Gasteiger partial charge in [0.15, 0.2) is 0 Å². The molecular weight excluding hydrogens is 352 g/mol. The Morgan fingerprint density at radius 3 is 2.54 bits per heavy atom. The summed E-state index contributed by atoms with van der Waals surface area (Å²) in [6.45, 7) is 4.62. The van der Waals surface area contributed by atoms with E-state index in [2.05, 4.69) is 20.6 Å². The van der Waals surface area contributed by atoms with Crippen LogP contribution in [0.5, 0.6) is 5.75 Å². The average molecular weight is 376 g/mol. The summed E-state index contributed by atoms with van der Waals surface area (Å²) < 4.78 is 5.24. The number of ether oxygens (including phenoxy) is 1. The van der Waals surface area contributed by atoms with Crippen LogP contribution in [0.2, 0.25) is 0 Å². The maximum atomic E-state index is 12.6. The van der Waals surface area contributed by atoms with Crippen molar-refractivity contribution in [2.75, 3.05) is 24.3 Å². The van der Waals surface area contributed by atoms with E-state index in [9.17, 15) is 4.79 Å². The van der Waals surface area contributed by atoms with Crippen LogP contribution in [0.1, 0.15) is 27.2 Å². The Hall–Kier alpha value is -3.41. The number of anilines is 2. The fourth-order valence-electron chi connectivity index (χ4n) is 2.93. The van der Waals surface area contributed by atoms with E-state index in [1.165, 1.54) is 6.33 Å². The second kappa shape index (κ2) is 8.99. The van der Waals surface area contributed by atoms with E-state index in [1.54, 1.807) is 13.2 Å². The molecule has 1 amide bonds. The summed E-state index contributed by atoms with van der Waals surface area (Å²) in [7, 11) is 1.66. The van der Waals surface area contributed by atoms with Crippen molar-refractivity contribution >= 4 is 17.4 Å². The first-order valence-electron chi connectivity index (χ1n) is 9.13. The number of methoxy groups -OCH3 is 1. The minimum absolute atomic E-state index is 0.254. The predicted molar refractivity (Wildman–Crippen MR) is 111 cm³/mol. The molecule has 0 aliphatic rings. The number of nitrogens with one attached hydrogen (secondary N) is 2. The second-order valence-electron chi connectivity index (χ2n) is 6.54. The van der Waals surface area contributed by atoms with Crippen LogP contribution in [0, 0.1) is 13.8 Å². The van der Waals surface area contributed by atoms with Gasteiger partial charge >= 0.3 is 0 Å². The van der Waals surface area contributed by atoms with Crippen LogP contribution in [0.25, 0.3) is 0 Å². The number of aryl methyl sites for hydroxylation is 2. The molecular formula is C22H24N4O2. The third-order valence-corrected chi connectivity index (χ3v) is 4.47. The zero-order valence-corrected chi connectivity index (χ0v) is 16.3. The number of aromatic nitrogens is 2. The molecule has 0 spiro atoms. The van der Waals surface area contributed by atoms with Gasteiger partial charge in [-0.1, -0.05) is 30.3 Å². The van der Waals surface area contributed by atoms with E-state index in [-0.39, 0.29) is 5.91 Å². The van der Waals surface area contributed by atoms with Gasteiger partial charge in [-0.25, -0.2) is 9.97 Å². The molecule has 0 unspecified atom stereocenters. The highest BCUT2D eigenvalue weighted by Crippen LogP contribution is 2.20. The van der Waals surface area contributed by atoms with E-state index in [0.29, 0.717) is 18.1 Å². The third kappa shape index (κ3) is 4.85. The Kier molecular flexibility index (Phi) is 6.22. The van der Waals surface area contributed by atoms with Gasteiger partial charge in [-0.05, 0) is 49.1 Å². The standard InChI is InChI=1S/C22H24N4O2/c1-15-6-4-7-16(2)21(15)26-22(27)19-13-20(25-14-24-19)23-11-10-17-8-5-9-18(12-17)28-3/h4-9,12-14H,10-11H2,1-3H3,(H,26,27)(H,23,24,25). The molecule has 6 nitrogen and oxygen atoms in total. The molecule has 3 aromatic rings. The number of amides is 1. The lowest BCUT2D eigenvalue weighted by Gasteiger charge is -2.11. The normalized spacial score (nSPS) is 10.4. The zero-order valence-electron chi connectivity index (χ0n) is 16.3. The van der Waals surface area contributed by atoms with E-state index in [4.69, 9.17) is 4.74 Å². The van der Waals surface area contributed by atoms with Crippen LogP contribution in [-0.4, -0.2) is 29.5 Å². The van der Waals surface area contributed by atoms with Gasteiger partial charge in [-0.2, -0.15) is 0 Å². The Morgan fingerprint density at radius 2 is 1.79 bits per heavy atom. The number of rotatable bonds is 7. The minimum atomic E-state index is -0.254. The first kappa shape index (κ1) is 19.4. The summed E-state index contributed by atoms with van der Waals surface area (Å²) >= 11 is 0. The number of carbonyl (C=O) groups excluding carboxylic acids is 1. The second-order valence-corrected chi connectivity index (χ2v) is 6.54. The molecule has 0 atom stereocenters. The molecule has 3 rings (SSSR count). The number of hydrogen-bond donors (Lipinski definition) is 2. The van der Waals surface area contributed by atoms with Crippen LogP contribution in [-0.2, 0) is 6.42 Å². The first-order chi connectivity index (χ1) is 13.6. The van der Waals surface area contributed by atoms with Gasteiger partial charge in [-0.15, -0.1) is 0 Å². The van der Waals surface area contributed by atoms with Crippen molar-refractivity contribution in [1.29, 1.82) is 0 Å². The quantitative estimate of drug-likeness (QED) is 0.652. The van der Waals surface area contributed by atoms with Crippen LogP contribution < -0.4 is 15.4 Å². The lowest BCUT2D eigenvalue weighted by molar-refractivity contribution is 0.102. The maximum Gasteiger partial charge on any atom is 0.274 e. The topological polar surface area (TPSA) is 76.1 Å². The fraction of sp³-hybridized carbons (Fsp3) is 0.227. The lowest BCUT2D eigenvalue weighted by Crippen LogP contribution is -2.16. The Bertz CT molecular complexity index is 952. The highest BCUT2D eigenvalue weighted by molar-refractivity contribution is 6.04. The van der Waals surface area contributed by atoms with Crippen molar-refractivity contribution in [3.63, 3.8) is 0 Å². The molecule has 2 aromatic carbocycles. The highest BCUT2D eigenvalue weighted by atomic mass is 16.5. The summed E-state index contributed by atoms with van der Waals surface area (Å²) in [5, 5.41) is 6.19. The van der Waals surface area contributed by atoms with Crippen LogP contribution >= 0.6 is 0 Å². The molecule has 1 aromatic heterocycles. The zero-order chi connectivity index (χ0) is 19.9.